The van der Waals surface area contributed by atoms with Crippen LogP contribution in [0, 0.1) is 17.3 Å². The van der Waals surface area contributed by atoms with Crippen molar-refractivity contribution >= 4 is 17.8 Å². The van der Waals surface area contributed by atoms with Crippen molar-refractivity contribution < 1.29 is 19.5 Å². The Morgan fingerprint density at radius 3 is 2.23 bits per heavy atom. The topological polar surface area (TPSA) is 90.0 Å². The van der Waals surface area contributed by atoms with Gasteiger partial charge >= 0.3 is 5.97 Å². The second-order valence-electron chi connectivity index (χ2n) is 10.5. The molecule has 0 bridgehead atoms. The summed E-state index contributed by atoms with van der Waals surface area (Å²) in [6.07, 6.45) is 4.53. The van der Waals surface area contributed by atoms with Gasteiger partial charge in [0, 0.05) is 19.2 Å². The number of carboxylic acid groups (broad SMARTS) is 1. The van der Waals surface area contributed by atoms with Gasteiger partial charge in [0.2, 0.25) is 11.8 Å². The molecule has 7 heteroatoms. The van der Waals surface area contributed by atoms with E-state index in [-0.39, 0.29) is 35.4 Å². The fourth-order valence-corrected chi connectivity index (χ4v) is 4.22. The summed E-state index contributed by atoms with van der Waals surface area (Å²) >= 11 is 0. The number of nitrogens with one attached hydrogen (secondary N) is 1. The Morgan fingerprint density at radius 1 is 1.23 bits per heavy atom. The van der Waals surface area contributed by atoms with Gasteiger partial charge in [-0.25, -0.2) is 4.79 Å². The van der Waals surface area contributed by atoms with Crippen LogP contribution >= 0.6 is 0 Å². The van der Waals surface area contributed by atoms with Gasteiger partial charge in [-0.2, -0.15) is 0 Å². The van der Waals surface area contributed by atoms with Gasteiger partial charge in [-0.15, -0.1) is 0 Å². The highest BCUT2D eigenvalue weighted by Crippen LogP contribution is 2.26. The van der Waals surface area contributed by atoms with Gasteiger partial charge in [0.15, 0.2) is 0 Å². The van der Waals surface area contributed by atoms with Gasteiger partial charge in [-0.1, -0.05) is 54.0 Å². The molecule has 2 amide bonds. The summed E-state index contributed by atoms with van der Waals surface area (Å²) in [6, 6.07) is -1.32. The van der Waals surface area contributed by atoms with E-state index >= 15 is 0 Å². The Balaban J connectivity index is 3.08. The summed E-state index contributed by atoms with van der Waals surface area (Å²) in [5.74, 6) is -0.694. The molecule has 0 aromatic carbocycles. The average Bonchev–Trinajstić information content (AvgIpc) is 2.67. The first kappa shape index (κ1) is 27.1. The van der Waals surface area contributed by atoms with Crippen molar-refractivity contribution in [1.29, 1.82) is 0 Å². The lowest BCUT2D eigenvalue weighted by Gasteiger charge is -2.40. The van der Waals surface area contributed by atoms with Crippen molar-refractivity contribution in [1.82, 2.24) is 15.1 Å². The number of carbonyl (C=O) groups excluding carboxylic acids is 2. The number of piperidine rings is 1. The largest absolute Gasteiger partial charge is 0.478 e. The van der Waals surface area contributed by atoms with E-state index in [1.54, 1.807) is 18.0 Å². The Morgan fingerprint density at radius 2 is 1.81 bits per heavy atom. The van der Waals surface area contributed by atoms with Crippen LogP contribution in [-0.4, -0.2) is 71.5 Å². The minimum Gasteiger partial charge on any atom is -0.478 e. The number of amides is 2. The molecular formula is C24H43N3O4. The summed E-state index contributed by atoms with van der Waals surface area (Å²) in [7, 11) is 3.66. The van der Waals surface area contributed by atoms with E-state index < -0.39 is 17.4 Å². The number of rotatable bonds is 8. The van der Waals surface area contributed by atoms with Crippen LogP contribution in [0.4, 0.5) is 0 Å². The molecule has 178 valence electrons. The zero-order valence-corrected chi connectivity index (χ0v) is 20.9. The van der Waals surface area contributed by atoms with Crippen LogP contribution in [-0.2, 0) is 14.4 Å². The summed E-state index contributed by atoms with van der Waals surface area (Å²) in [5.41, 5.74) is -0.295. The lowest BCUT2D eigenvalue weighted by molar-refractivity contribution is -0.141. The van der Waals surface area contributed by atoms with Crippen LogP contribution in [0.3, 0.4) is 0 Å². The number of aliphatic carboxylic acids is 1. The molecule has 1 rings (SSSR count). The van der Waals surface area contributed by atoms with E-state index in [4.69, 9.17) is 0 Å². The van der Waals surface area contributed by atoms with Crippen LogP contribution in [0.1, 0.15) is 67.7 Å². The van der Waals surface area contributed by atoms with Gasteiger partial charge in [0.25, 0.3) is 0 Å². The molecule has 1 heterocycles. The second-order valence-corrected chi connectivity index (χ2v) is 10.5. The number of likely N-dealkylation sites (tertiary alicyclic amines) is 1. The lowest BCUT2D eigenvalue weighted by Crippen LogP contribution is -2.60. The fraction of sp³-hybridized carbons (Fsp3) is 0.792. The molecular weight excluding hydrogens is 394 g/mol. The first-order chi connectivity index (χ1) is 14.2. The summed E-state index contributed by atoms with van der Waals surface area (Å²) in [5, 5.41) is 12.3. The second kappa shape index (κ2) is 11.1. The third-order valence-electron chi connectivity index (χ3n) is 6.44. The third-order valence-corrected chi connectivity index (χ3v) is 6.44. The Labute approximate surface area is 188 Å². The Hall–Kier alpha value is -1.89. The molecule has 2 N–H and O–H groups in total. The van der Waals surface area contributed by atoms with Crippen LogP contribution in [0.2, 0.25) is 0 Å². The summed E-state index contributed by atoms with van der Waals surface area (Å²) < 4.78 is 0. The van der Waals surface area contributed by atoms with Crippen molar-refractivity contribution in [3.63, 3.8) is 0 Å². The van der Waals surface area contributed by atoms with Crippen molar-refractivity contribution in [3.8, 4) is 0 Å². The van der Waals surface area contributed by atoms with E-state index in [2.05, 4.69) is 17.1 Å². The fourth-order valence-electron chi connectivity index (χ4n) is 4.22. The smallest absolute Gasteiger partial charge is 0.331 e. The van der Waals surface area contributed by atoms with Crippen molar-refractivity contribution in [2.45, 2.75) is 85.9 Å². The number of hydrogen-bond acceptors (Lipinski definition) is 4. The molecule has 1 aliphatic heterocycles. The molecule has 4 atom stereocenters. The van der Waals surface area contributed by atoms with Crippen molar-refractivity contribution in [2.24, 2.45) is 17.3 Å². The minimum absolute atomic E-state index is 0.0232. The van der Waals surface area contributed by atoms with Crippen LogP contribution in [0.25, 0.3) is 0 Å². The Bertz CT molecular complexity index is 681. The molecule has 0 radical (unpaired) electrons. The number of carboxylic acids is 1. The third kappa shape index (κ3) is 7.34. The van der Waals surface area contributed by atoms with Gasteiger partial charge in [-0.05, 0) is 44.1 Å². The van der Waals surface area contributed by atoms with E-state index in [0.717, 1.165) is 25.8 Å². The molecule has 7 nitrogen and oxygen atoms in total. The zero-order valence-electron chi connectivity index (χ0n) is 20.9. The molecule has 1 aliphatic rings. The van der Waals surface area contributed by atoms with E-state index in [1.165, 1.54) is 6.92 Å². The standard InChI is InChI=1S/C24H43N3O4/c1-10-17-11-12-18(26(8)14-17)21(28)25-20(24(5,6)7)22(29)27(9)19(15(2)3)13-16(4)23(30)31/h13,15,17-20H,10-12,14H2,1-9H3,(H,25,28)(H,30,31)/t17?,18-,19-,20-/m1/s1. The molecule has 0 aromatic rings. The van der Waals surface area contributed by atoms with Crippen LogP contribution in [0.5, 0.6) is 0 Å². The van der Waals surface area contributed by atoms with Gasteiger partial charge < -0.3 is 15.3 Å². The maximum atomic E-state index is 13.5. The van der Waals surface area contributed by atoms with Crippen LogP contribution in [0.15, 0.2) is 11.6 Å². The van der Waals surface area contributed by atoms with Crippen LogP contribution < -0.4 is 5.32 Å². The van der Waals surface area contributed by atoms with Crippen molar-refractivity contribution in [3.05, 3.63) is 11.6 Å². The molecule has 1 fully saturated rings. The highest BCUT2D eigenvalue weighted by atomic mass is 16.4. The highest BCUT2D eigenvalue weighted by molar-refractivity contribution is 5.91. The predicted octanol–water partition coefficient (Wildman–Crippen LogP) is 3.15. The maximum Gasteiger partial charge on any atom is 0.331 e. The molecule has 0 spiro atoms. The minimum atomic E-state index is -1.00. The first-order valence-corrected chi connectivity index (χ1v) is 11.4. The van der Waals surface area contributed by atoms with Gasteiger partial charge in [-0.3, -0.25) is 14.5 Å². The molecule has 31 heavy (non-hydrogen) atoms. The Kier molecular flexibility index (Phi) is 9.73. The lowest BCUT2D eigenvalue weighted by atomic mass is 9.84. The summed E-state index contributed by atoms with van der Waals surface area (Å²) in [4.78, 5) is 41.6. The van der Waals surface area contributed by atoms with Gasteiger partial charge in [0.1, 0.15) is 6.04 Å². The molecule has 0 aliphatic carbocycles. The zero-order chi connectivity index (χ0) is 24.1. The number of likely N-dealkylation sites (N-methyl/N-ethyl adjacent to an activating group) is 2. The quantitative estimate of drug-likeness (QED) is 0.570. The molecule has 0 aromatic heterocycles. The molecule has 0 saturated carbocycles. The maximum absolute atomic E-state index is 13.5. The van der Waals surface area contributed by atoms with E-state index in [1.807, 2.05) is 41.7 Å². The van der Waals surface area contributed by atoms with E-state index in [0.29, 0.717) is 5.92 Å². The predicted molar refractivity (Wildman–Crippen MR) is 124 cm³/mol. The molecule has 1 unspecified atom stereocenters. The molecule has 1 saturated heterocycles. The van der Waals surface area contributed by atoms with E-state index in [9.17, 15) is 19.5 Å². The first-order valence-electron chi connectivity index (χ1n) is 11.4. The van der Waals surface area contributed by atoms with Gasteiger partial charge in [0.05, 0.1) is 12.1 Å². The monoisotopic (exact) mass is 437 g/mol. The number of hydrogen-bond donors (Lipinski definition) is 2. The highest BCUT2D eigenvalue weighted by Gasteiger charge is 2.39. The SMILES string of the molecule is CCC1CC[C@H](C(=O)N[C@H](C(=O)N(C)[C@H](C=C(C)C(=O)O)C(C)C)C(C)(C)C)N(C)C1. The summed E-state index contributed by atoms with van der Waals surface area (Å²) in [6.45, 7) is 14.3. The number of nitrogens with zero attached hydrogens (tertiary/aromatic N) is 2. The van der Waals surface area contributed by atoms with Crippen molar-refractivity contribution in [2.75, 3.05) is 20.6 Å². The normalized spacial score (nSPS) is 22.7. The number of carbonyl (C=O) groups is 3. The average molecular weight is 438 g/mol.